The minimum atomic E-state index is 0.194. The highest BCUT2D eigenvalue weighted by atomic mass is 16.7. The lowest BCUT2D eigenvalue weighted by Crippen LogP contribution is -2.20. The van der Waals surface area contributed by atoms with Crippen molar-refractivity contribution in [2.24, 2.45) is 5.84 Å². The summed E-state index contributed by atoms with van der Waals surface area (Å²) in [6, 6.07) is 0. The Hall–Kier alpha value is -0.610. The van der Waals surface area contributed by atoms with Gasteiger partial charge >= 0.3 is 6.47 Å². The van der Waals surface area contributed by atoms with Crippen LogP contribution in [0.25, 0.3) is 0 Å². The van der Waals surface area contributed by atoms with E-state index in [0.29, 0.717) is 0 Å². The van der Waals surface area contributed by atoms with E-state index in [1.807, 2.05) is 0 Å². The van der Waals surface area contributed by atoms with Gasteiger partial charge in [0.05, 0.1) is 0 Å². The Labute approximate surface area is 28.8 Å². The molecule has 0 fully saturated rings. The van der Waals surface area contributed by atoms with Gasteiger partial charge in [0.2, 0.25) is 0 Å². The summed E-state index contributed by atoms with van der Waals surface area (Å²) in [4.78, 5) is 12.7. The molecule has 0 spiro atoms. The van der Waals surface area contributed by atoms with Gasteiger partial charge in [-0.2, -0.15) is 0 Å². The summed E-state index contributed by atoms with van der Waals surface area (Å²) in [7, 11) is 0. The number of rotatable bonds is 2. The van der Waals surface area contributed by atoms with Gasteiger partial charge in [-0.1, -0.05) is 5.59 Å². The van der Waals surface area contributed by atoms with Crippen LogP contribution in [-0.2, 0) is 9.63 Å². The number of carbonyl (C=O) groups excluding carboxylic acids is 1. The molecule has 0 rings (SSSR count). The second kappa shape index (κ2) is 3.39. The normalized spacial score (nSPS) is 6.60. The van der Waals surface area contributed by atoms with E-state index < -0.39 is 0 Å². The van der Waals surface area contributed by atoms with Crippen molar-refractivity contribution < 1.29 is 9.63 Å². The van der Waals surface area contributed by atoms with Crippen LogP contribution in [0.3, 0.4) is 0 Å². The molecule has 0 aliphatic carbocycles. The van der Waals surface area contributed by atoms with Gasteiger partial charge in [0.1, 0.15) is 0 Å². The molecule has 0 aliphatic rings. The minimum Gasteiger partial charge on any atom is -0.359 e. The number of hydrazine groups is 1. The largest absolute Gasteiger partial charge is 0.359 e. The zero-order valence-corrected chi connectivity index (χ0v) is 2.47. The molecular weight excluding hydrogens is 72.0 g/mol. The third-order valence-electron chi connectivity index (χ3n) is 0.116. The molecular formula is CH4N2O2. The number of nitrogens with one attached hydrogen (secondary N) is 1. The van der Waals surface area contributed by atoms with Gasteiger partial charge in [0.15, 0.2) is 0 Å². The van der Waals surface area contributed by atoms with Crippen LogP contribution in [0, 0.1) is 0 Å². The molecule has 0 aliphatic heterocycles. The zero-order chi connectivity index (χ0) is 4.12. The summed E-state index contributed by atoms with van der Waals surface area (Å²) in [6.45, 7) is 0.194. The standard InChI is InChI=1S/CH4N2O2/c2-3-5-1-4/h1,3H,2H2. The Morgan fingerprint density at radius 3 is 2.60 bits per heavy atom. The van der Waals surface area contributed by atoms with Crippen molar-refractivity contribution in [3.8, 4) is 0 Å². The van der Waals surface area contributed by atoms with Crippen LogP contribution in [0.15, 0.2) is 0 Å². The molecule has 0 amide bonds. The maximum atomic E-state index is 9.04. The highest BCUT2D eigenvalue weighted by Crippen LogP contribution is 1.34. The molecule has 0 saturated carbocycles. The Bertz CT molecular complexity index is 28.8. The van der Waals surface area contributed by atoms with Crippen LogP contribution >= 0.6 is 0 Å². The third kappa shape index (κ3) is 3.39. The maximum absolute atomic E-state index is 9.04. The van der Waals surface area contributed by atoms with Crippen LogP contribution in [0.2, 0.25) is 0 Å². The molecule has 0 bridgehead atoms. The zero-order valence-electron chi connectivity index (χ0n) is 2.47. The first-order valence-corrected chi connectivity index (χ1v) is 0.964. The van der Waals surface area contributed by atoms with E-state index in [-0.39, 0.29) is 6.47 Å². The molecule has 5 heavy (non-hydrogen) atoms. The summed E-state index contributed by atoms with van der Waals surface area (Å²) >= 11 is 0. The van der Waals surface area contributed by atoms with E-state index in [2.05, 4.69) is 10.7 Å². The number of hydrogen-bond acceptors (Lipinski definition) is 4. The van der Waals surface area contributed by atoms with Gasteiger partial charge in [-0.05, 0) is 0 Å². The SMILES string of the molecule is NNOC=O. The van der Waals surface area contributed by atoms with E-state index >= 15 is 0 Å². The molecule has 0 unspecified atom stereocenters. The molecule has 0 aromatic rings. The Morgan fingerprint density at radius 1 is 2.00 bits per heavy atom. The highest BCUT2D eigenvalue weighted by molar-refractivity contribution is 5.36. The number of hydrogen-bond donors (Lipinski definition) is 2. The van der Waals surface area contributed by atoms with Crippen molar-refractivity contribution >= 4 is 6.47 Å². The summed E-state index contributed by atoms with van der Waals surface area (Å²) < 4.78 is 0. The molecule has 30 valence electrons. The fraction of sp³-hybridized carbons (Fsp3) is 0. The Balaban J connectivity index is 2.40. The second-order valence-electron chi connectivity index (χ2n) is 0.332. The van der Waals surface area contributed by atoms with Crippen molar-refractivity contribution in [2.45, 2.75) is 0 Å². The smallest absolute Gasteiger partial charge is 0.314 e. The van der Waals surface area contributed by atoms with Gasteiger partial charge < -0.3 is 4.84 Å². The number of nitrogens with two attached hydrogens (primary N) is 1. The number of carbonyl (C=O) groups is 1. The van der Waals surface area contributed by atoms with E-state index in [9.17, 15) is 0 Å². The molecule has 0 aromatic heterocycles. The molecule has 3 N–H and O–H groups in total. The van der Waals surface area contributed by atoms with Gasteiger partial charge in [-0.15, -0.1) is 0 Å². The summed E-state index contributed by atoms with van der Waals surface area (Å²) in [6.07, 6.45) is 0. The molecule has 0 saturated heterocycles. The lowest BCUT2D eigenvalue weighted by Gasteiger charge is -1.82. The predicted molar refractivity (Wildman–Crippen MR) is 14.5 cm³/mol. The van der Waals surface area contributed by atoms with E-state index in [1.54, 1.807) is 5.59 Å². The Kier molecular flexibility index (Phi) is 2.98. The van der Waals surface area contributed by atoms with Crippen molar-refractivity contribution in [1.82, 2.24) is 5.59 Å². The summed E-state index contributed by atoms with van der Waals surface area (Å²) in [5.74, 6) is 4.44. The van der Waals surface area contributed by atoms with Gasteiger partial charge in [0.25, 0.3) is 0 Å². The van der Waals surface area contributed by atoms with Crippen LogP contribution in [0.1, 0.15) is 0 Å². The van der Waals surface area contributed by atoms with E-state index in [0.717, 1.165) is 0 Å². The minimum absolute atomic E-state index is 0.194. The molecule has 0 aromatic carbocycles. The van der Waals surface area contributed by atoms with Crippen molar-refractivity contribution in [3.05, 3.63) is 0 Å². The van der Waals surface area contributed by atoms with E-state index in [4.69, 9.17) is 4.79 Å². The topological polar surface area (TPSA) is 64.3 Å². The van der Waals surface area contributed by atoms with Crippen molar-refractivity contribution in [2.75, 3.05) is 0 Å². The molecule has 0 heterocycles. The molecule has 4 heteroatoms. The molecule has 0 radical (unpaired) electrons. The molecule has 0 atom stereocenters. The lowest BCUT2D eigenvalue weighted by atomic mass is 11.6. The quantitative estimate of drug-likeness (QED) is 0.239. The summed E-state index contributed by atoms with van der Waals surface area (Å²) in [5, 5.41) is 0. The van der Waals surface area contributed by atoms with Crippen LogP contribution in [0.5, 0.6) is 0 Å². The fourth-order valence-corrected chi connectivity index (χ4v) is 0.0278. The van der Waals surface area contributed by atoms with Crippen LogP contribution in [0.4, 0.5) is 0 Å². The van der Waals surface area contributed by atoms with Crippen molar-refractivity contribution in [3.63, 3.8) is 0 Å². The Morgan fingerprint density at radius 2 is 2.60 bits per heavy atom. The maximum Gasteiger partial charge on any atom is 0.314 e. The molecule has 4 nitrogen and oxygen atoms in total. The van der Waals surface area contributed by atoms with Crippen LogP contribution < -0.4 is 11.4 Å². The average molecular weight is 76.1 g/mol. The fourth-order valence-electron chi connectivity index (χ4n) is 0.0278. The third-order valence-corrected chi connectivity index (χ3v) is 0.116. The van der Waals surface area contributed by atoms with Crippen molar-refractivity contribution in [1.29, 1.82) is 0 Å². The van der Waals surface area contributed by atoms with E-state index in [1.165, 1.54) is 0 Å². The first-order valence-electron chi connectivity index (χ1n) is 0.964. The van der Waals surface area contributed by atoms with Gasteiger partial charge in [-0.25, -0.2) is 5.84 Å². The van der Waals surface area contributed by atoms with Gasteiger partial charge in [-0.3, -0.25) is 4.79 Å². The first-order chi connectivity index (χ1) is 2.41. The highest BCUT2D eigenvalue weighted by Gasteiger charge is 1.57. The average Bonchev–Trinajstić information content (AvgIpc) is 1.41. The lowest BCUT2D eigenvalue weighted by molar-refractivity contribution is -0.135. The second-order valence-corrected chi connectivity index (χ2v) is 0.332. The first kappa shape index (κ1) is 4.39. The summed E-state index contributed by atoms with van der Waals surface area (Å²) in [5.41, 5.74) is 1.65. The van der Waals surface area contributed by atoms with Gasteiger partial charge in [0, 0.05) is 0 Å². The monoisotopic (exact) mass is 76.0 g/mol. The predicted octanol–water partition coefficient (Wildman–Crippen LogP) is -1.46. The van der Waals surface area contributed by atoms with Crippen LogP contribution in [-0.4, -0.2) is 6.47 Å².